The van der Waals surface area contributed by atoms with E-state index < -0.39 is 12.1 Å². The summed E-state index contributed by atoms with van der Waals surface area (Å²) in [6.45, 7) is 5.03. The molecule has 0 radical (unpaired) electrons. The van der Waals surface area contributed by atoms with E-state index in [4.69, 9.17) is 15.6 Å². The first-order valence-electron chi connectivity index (χ1n) is 13.3. The first-order valence-corrected chi connectivity index (χ1v) is 13.3. The Kier molecular flexibility index (Phi) is 9.29. The largest absolute Gasteiger partial charge is 0.490 e. The Morgan fingerprint density at radius 3 is 2.23 bits per heavy atom. The van der Waals surface area contributed by atoms with Crippen molar-refractivity contribution in [3.63, 3.8) is 0 Å². The minimum Gasteiger partial charge on any atom is -0.475 e. The van der Waals surface area contributed by atoms with Crippen LogP contribution in [0.25, 0.3) is 33.3 Å². The molecule has 2 heterocycles. The minimum atomic E-state index is -5.08. The smallest absolute Gasteiger partial charge is 0.475 e. The number of hydrogen-bond acceptors (Lipinski definition) is 9. The van der Waals surface area contributed by atoms with Gasteiger partial charge in [-0.2, -0.15) is 13.2 Å². The number of amides is 2. The van der Waals surface area contributed by atoms with Crippen molar-refractivity contribution in [3.05, 3.63) is 65.5 Å². The van der Waals surface area contributed by atoms with Gasteiger partial charge in [-0.25, -0.2) is 4.79 Å². The zero-order valence-corrected chi connectivity index (χ0v) is 23.3. The molecule has 3 aromatic carbocycles. The summed E-state index contributed by atoms with van der Waals surface area (Å²) >= 11 is 0. The number of aliphatic carboxylic acids is 1. The molecule has 224 valence electrons. The van der Waals surface area contributed by atoms with Crippen molar-refractivity contribution in [2.24, 2.45) is 5.73 Å². The van der Waals surface area contributed by atoms with Gasteiger partial charge >= 0.3 is 12.1 Å². The molecule has 14 heteroatoms. The van der Waals surface area contributed by atoms with Crippen molar-refractivity contribution in [3.8, 4) is 22.5 Å². The predicted molar refractivity (Wildman–Crippen MR) is 152 cm³/mol. The summed E-state index contributed by atoms with van der Waals surface area (Å²) in [4.78, 5) is 36.8. The minimum absolute atomic E-state index is 0.166. The number of halogens is 3. The SMILES string of the molecule is CCCCNc1ccc2c3c(cc(-c4cccc(-c5nnc(C)nn5)c4)cc13)C(=O)N(CCN)C2=O.O=C(O)C(F)(F)F. The molecule has 0 bridgehead atoms. The number of rotatable bonds is 8. The fourth-order valence-electron chi connectivity index (χ4n) is 4.50. The predicted octanol–water partition coefficient (Wildman–Crippen LogP) is 4.46. The Balaban J connectivity index is 0.000000541. The Bertz CT molecular complexity index is 1680. The van der Waals surface area contributed by atoms with Gasteiger partial charge in [-0.1, -0.05) is 31.5 Å². The highest BCUT2D eigenvalue weighted by Crippen LogP contribution is 2.38. The maximum atomic E-state index is 13.5. The normalized spacial score (nSPS) is 12.7. The summed E-state index contributed by atoms with van der Waals surface area (Å²) in [6.07, 6.45) is -3.01. The van der Waals surface area contributed by atoms with Crippen LogP contribution in [0.5, 0.6) is 0 Å². The van der Waals surface area contributed by atoms with Gasteiger partial charge in [0, 0.05) is 52.8 Å². The summed E-state index contributed by atoms with van der Waals surface area (Å²) in [7, 11) is 0. The van der Waals surface area contributed by atoms with E-state index >= 15 is 0 Å². The average Bonchev–Trinajstić information content (AvgIpc) is 2.98. The van der Waals surface area contributed by atoms with Crippen LogP contribution >= 0.6 is 0 Å². The number of alkyl halides is 3. The van der Waals surface area contributed by atoms with Gasteiger partial charge in [-0.05, 0) is 54.8 Å². The second kappa shape index (κ2) is 12.9. The van der Waals surface area contributed by atoms with Gasteiger partial charge in [0.1, 0.15) is 0 Å². The number of nitrogens with zero attached hydrogens (tertiary/aromatic N) is 5. The number of anilines is 1. The molecule has 0 atom stereocenters. The Labute approximate surface area is 243 Å². The standard InChI is InChI=1S/C27H27N7O2.C2HF3O2/c1-3-4-11-29-23-9-8-20-24-21(23)14-19(15-22(24)27(36)34(12-10-28)26(20)35)17-6-5-7-18(13-17)25-32-30-16(2)31-33-25;3-2(4,5)1(6)7/h5-9,13-15,29H,3-4,10-12,28H2,1-2H3;(H,6,7). The molecule has 0 saturated heterocycles. The Morgan fingerprint density at radius 1 is 0.953 bits per heavy atom. The van der Waals surface area contributed by atoms with Crippen molar-refractivity contribution in [2.75, 3.05) is 25.0 Å². The van der Waals surface area contributed by atoms with Crippen LogP contribution in [-0.2, 0) is 4.79 Å². The Hall–Kier alpha value is -4.98. The van der Waals surface area contributed by atoms with Crippen LogP contribution < -0.4 is 11.1 Å². The van der Waals surface area contributed by atoms with E-state index in [1.165, 1.54) is 4.90 Å². The van der Waals surface area contributed by atoms with Crippen molar-refractivity contribution in [2.45, 2.75) is 32.9 Å². The lowest BCUT2D eigenvalue weighted by Crippen LogP contribution is -2.43. The van der Waals surface area contributed by atoms with Crippen LogP contribution in [0.15, 0.2) is 48.5 Å². The number of nitrogens with two attached hydrogens (primary N) is 1. The summed E-state index contributed by atoms with van der Waals surface area (Å²) in [5, 5.41) is 28.4. The molecule has 11 nitrogen and oxygen atoms in total. The molecule has 1 aliphatic rings. The molecule has 1 aliphatic heterocycles. The van der Waals surface area contributed by atoms with E-state index in [9.17, 15) is 22.8 Å². The molecule has 4 aromatic rings. The van der Waals surface area contributed by atoms with Crippen LogP contribution in [0, 0.1) is 6.92 Å². The van der Waals surface area contributed by atoms with Crippen LogP contribution in [0.2, 0.25) is 0 Å². The number of aryl methyl sites for hydroxylation is 1. The molecule has 5 rings (SSSR count). The number of carbonyl (C=O) groups excluding carboxylic acids is 2. The van der Waals surface area contributed by atoms with Gasteiger partial charge in [0.15, 0.2) is 5.82 Å². The lowest BCUT2D eigenvalue weighted by atomic mass is 9.89. The summed E-state index contributed by atoms with van der Waals surface area (Å²) in [5.41, 5.74) is 10.1. The quantitative estimate of drug-likeness (QED) is 0.196. The second-order valence-electron chi connectivity index (χ2n) is 9.59. The van der Waals surface area contributed by atoms with Crippen molar-refractivity contribution < 1.29 is 32.7 Å². The maximum Gasteiger partial charge on any atom is 0.490 e. The van der Waals surface area contributed by atoms with Gasteiger partial charge in [-0.3, -0.25) is 14.5 Å². The number of hydrogen-bond donors (Lipinski definition) is 3. The molecular weight excluding hydrogens is 567 g/mol. The zero-order chi connectivity index (χ0) is 31.3. The molecule has 43 heavy (non-hydrogen) atoms. The van der Waals surface area contributed by atoms with Gasteiger partial charge in [-0.15, -0.1) is 20.4 Å². The molecule has 0 fully saturated rings. The summed E-state index contributed by atoms with van der Waals surface area (Å²) in [5.74, 6) is -2.48. The third-order valence-electron chi connectivity index (χ3n) is 6.54. The van der Waals surface area contributed by atoms with E-state index in [2.05, 4.69) is 32.6 Å². The van der Waals surface area contributed by atoms with E-state index in [0.717, 1.165) is 47.2 Å². The van der Waals surface area contributed by atoms with Gasteiger partial charge in [0.2, 0.25) is 5.82 Å². The highest BCUT2D eigenvalue weighted by Gasteiger charge is 2.38. The number of carboxylic acids is 1. The number of nitrogens with one attached hydrogen (secondary N) is 1. The van der Waals surface area contributed by atoms with Gasteiger partial charge in [0.05, 0.1) is 0 Å². The third kappa shape index (κ3) is 6.75. The number of unbranched alkanes of at least 4 members (excludes halogenated alkanes) is 1. The number of carboxylic acid groups (broad SMARTS) is 1. The molecular formula is C29H28F3N7O4. The summed E-state index contributed by atoms with van der Waals surface area (Å²) < 4.78 is 31.7. The highest BCUT2D eigenvalue weighted by atomic mass is 19.4. The monoisotopic (exact) mass is 595 g/mol. The van der Waals surface area contributed by atoms with Crippen LogP contribution in [-0.4, -0.2) is 74.0 Å². The van der Waals surface area contributed by atoms with Crippen molar-refractivity contribution in [1.29, 1.82) is 0 Å². The Morgan fingerprint density at radius 2 is 1.60 bits per heavy atom. The third-order valence-corrected chi connectivity index (χ3v) is 6.54. The van der Waals surface area contributed by atoms with E-state index in [0.29, 0.717) is 28.2 Å². The van der Waals surface area contributed by atoms with Crippen molar-refractivity contribution >= 4 is 34.2 Å². The molecule has 2 amide bonds. The number of aromatic nitrogens is 4. The molecule has 0 spiro atoms. The van der Waals surface area contributed by atoms with Crippen molar-refractivity contribution in [1.82, 2.24) is 25.3 Å². The number of carbonyl (C=O) groups is 3. The van der Waals surface area contributed by atoms with Gasteiger partial charge < -0.3 is 16.2 Å². The number of imide groups is 1. The summed E-state index contributed by atoms with van der Waals surface area (Å²) in [6, 6.07) is 15.3. The lowest BCUT2D eigenvalue weighted by molar-refractivity contribution is -0.192. The first-order chi connectivity index (χ1) is 20.5. The maximum absolute atomic E-state index is 13.5. The molecule has 0 aliphatic carbocycles. The molecule has 4 N–H and O–H groups in total. The molecule has 1 aromatic heterocycles. The lowest BCUT2D eigenvalue weighted by Gasteiger charge is -2.28. The van der Waals surface area contributed by atoms with E-state index in [-0.39, 0.29) is 24.9 Å². The van der Waals surface area contributed by atoms with E-state index in [1.807, 2.05) is 42.5 Å². The zero-order valence-electron chi connectivity index (χ0n) is 23.3. The molecule has 0 saturated carbocycles. The average molecular weight is 596 g/mol. The van der Waals surface area contributed by atoms with E-state index in [1.54, 1.807) is 13.0 Å². The van der Waals surface area contributed by atoms with Gasteiger partial charge in [0.25, 0.3) is 11.8 Å². The fourth-order valence-corrected chi connectivity index (χ4v) is 4.50. The fraction of sp³-hybridized carbons (Fsp3) is 0.276. The van der Waals surface area contributed by atoms with Crippen LogP contribution in [0.1, 0.15) is 46.3 Å². The molecule has 0 unspecified atom stereocenters. The van der Waals surface area contributed by atoms with Crippen LogP contribution in [0.4, 0.5) is 18.9 Å². The highest BCUT2D eigenvalue weighted by molar-refractivity contribution is 6.27. The first kappa shape index (κ1) is 31.0. The topological polar surface area (TPSA) is 164 Å². The second-order valence-corrected chi connectivity index (χ2v) is 9.59. The number of benzene rings is 3. The van der Waals surface area contributed by atoms with Crippen LogP contribution in [0.3, 0.4) is 0 Å².